The molecule has 21 heavy (non-hydrogen) atoms. The van der Waals surface area contributed by atoms with E-state index in [0.29, 0.717) is 11.5 Å². The van der Waals surface area contributed by atoms with Gasteiger partial charge in [0.1, 0.15) is 5.82 Å². The van der Waals surface area contributed by atoms with Crippen molar-refractivity contribution in [2.45, 2.75) is 13.3 Å². The summed E-state index contributed by atoms with van der Waals surface area (Å²) in [4.78, 5) is 19.3. The predicted molar refractivity (Wildman–Crippen MR) is 85.1 cm³/mol. The Labute approximate surface area is 123 Å². The minimum atomic E-state index is -0.138. The van der Waals surface area contributed by atoms with Gasteiger partial charge in [-0.3, -0.25) is 4.79 Å². The Hall–Kier alpha value is -2.68. The van der Waals surface area contributed by atoms with Crippen LogP contribution in [0.3, 0.4) is 0 Å². The molecular weight excluding hydrogens is 260 g/mol. The molecule has 0 spiro atoms. The molecule has 0 unspecified atom stereocenters. The van der Waals surface area contributed by atoms with Gasteiger partial charge < -0.3 is 4.98 Å². The Balaban J connectivity index is 2.12. The molecular formula is C18H16N2O. The second kappa shape index (κ2) is 5.75. The van der Waals surface area contributed by atoms with Crippen molar-refractivity contribution in [1.29, 1.82) is 0 Å². The van der Waals surface area contributed by atoms with E-state index in [1.54, 1.807) is 6.07 Å². The van der Waals surface area contributed by atoms with Gasteiger partial charge in [-0.25, -0.2) is 4.98 Å². The van der Waals surface area contributed by atoms with Crippen molar-refractivity contribution in [2.75, 3.05) is 0 Å². The molecule has 3 rings (SSSR count). The predicted octanol–water partition coefficient (Wildman–Crippen LogP) is 3.67. The van der Waals surface area contributed by atoms with Crippen LogP contribution in [-0.2, 0) is 6.42 Å². The van der Waals surface area contributed by atoms with Crippen molar-refractivity contribution in [2.24, 2.45) is 0 Å². The standard InChI is InChI=1S/C18H16N2O/c1-2-13-7-6-10-15(11-13)16-12-17(21)20-18(19-16)14-8-4-3-5-9-14/h3-12H,2H2,1H3,(H,19,20,21). The van der Waals surface area contributed by atoms with E-state index in [9.17, 15) is 4.79 Å². The summed E-state index contributed by atoms with van der Waals surface area (Å²) in [6.45, 7) is 2.11. The number of hydrogen-bond donors (Lipinski definition) is 1. The highest BCUT2D eigenvalue weighted by atomic mass is 16.1. The highest BCUT2D eigenvalue weighted by molar-refractivity contribution is 5.63. The van der Waals surface area contributed by atoms with Gasteiger partial charge in [0, 0.05) is 17.2 Å². The van der Waals surface area contributed by atoms with Crippen LogP contribution in [0.5, 0.6) is 0 Å². The van der Waals surface area contributed by atoms with Crippen molar-refractivity contribution in [3.8, 4) is 22.6 Å². The second-order valence-corrected chi connectivity index (χ2v) is 4.90. The zero-order valence-electron chi connectivity index (χ0n) is 11.8. The molecule has 2 aromatic carbocycles. The van der Waals surface area contributed by atoms with E-state index < -0.39 is 0 Å². The Kier molecular flexibility index (Phi) is 3.65. The lowest BCUT2D eigenvalue weighted by atomic mass is 10.1. The van der Waals surface area contributed by atoms with E-state index >= 15 is 0 Å². The third-order valence-electron chi connectivity index (χ3n) is 3.42. The first-order valence-electron chi connectivity index (χ1n) is 7.02. The quantitative estimate of drug-likeness (QED) is 0.793. The molecule has 0 saturated carbocycles. The van der Waals surface area contributed by atoms with Gasteiger partial charge >= 0.3 is 0 Å². The summed E-state index contributed by atoms with van der Waals surface area (Å²) in [5, 5.41) is 0. The lowest BCUT2D eigenvalue weighted by molar-refractivity contribution is 1.12. The number of aryl methyl sites for hydroxylation is 1. The van der Waals surface area contributed by atoms with Crippen molar-refractivity contribution < 1.29 is 0 Å². The highest BCUT2D eigenvalue weighted by Gasteiger charge is 2.06. The second-order valence-electron chi connectivity index (χ2n) is 4.90. The van der Waals surface area contributed by atoms with Gasteiger partial charge in [-0.15, -0.1) is 0 Å². The molecule has 0 atom stereocenters. The van der Waals surface area contributed by atoms with Crippen LogP contribution in [0.4, 0.5) is 0 Å². The fraction of sp³-hybridized carbons (Fsp3) is 0.111. The molecule has 104 valence electrons. The summed E-state index contributed by atoms with van der Waals surface area (Å²) in [6.07, 6.45) is 0.961. The zero-order valence-corrected chi connectivity index (χ0v) is 11.8. The molecule has 0 fully saturated rings. The number of H-pyrrole nitrogens is 1. The minimum Gasteiger partial charge on any atom is -0.306 e. The molecule has 3 heteroatoms. The molecule has 1 heterocycles. The van der Waals surface area contributed by atoms with Crippen molar-refractivity contribution in [3.63, 3.8) is 0 Å². The van der Waals surface area contributed by atoms with Gasteiger partial charge in [-0.2, -0.15) is 0 Å². The summed E-state index contributed by atoms with van der Waals surface area (Å²) in [5.74, 6) is 0.597. The number of hydrogen-bond acceptors (Lipinski definition) is 2. The van der Waals surface area contributed by atoms with Crippen LogP contribution in [-0.4, -0.2) is 9.97 Å². The third kappa shape index (κ3) is 2.92. The van der Waals surface area contributed by atoms with Crippen LogP contribution < -0.4 is 5.56 Å². The molecule has 3 nitrogen and oxygen atoms in total. The van der Waals surface area contributed by atoms with E-state index in [2.05, 4.69) is 29.0 Å². The van der Waals surface area contributed by atoms with Gasteiger partial charge in [0.25, 0.3) is 5.56 Å². The fourth-order valence-electron chi connectivity index (χ4n) is 2.29. The third-order valence-corrected chi connectivity index (χ3v) is 3.42. The summed E-state index contributed by atoms with van der Waals surface area (Å²) in [6, 6.07) is 19.4. The number of nitrogens with zero attached hydrogens (tertiary/aromatic N) is 1. The van der Waals surface area contributed by atoms with Gasteiger partial charge in [-0.05, 0) is 18.1 Å². The van der Waals surface area contributed by atoms with E-state index in [4.69, 9.17) is 0 Å². The van der Waals surface area contributed by atoms with Crippen molar-refractivity contribution >= 4 is 0 Å². The van der Waals surface area contributed by atoms with Crippen molar-refractivity contribution in [3.05, 3.63) is 76.6 Å². The summed E-state index contributed by atoms with van der Waals surface area (Å²) in [7, 11) is 0. The van der Waals surface area contributed by atoms with Gasteiger partial charge in [0.05, 0.1) is 5.69 Å². The lowest BCUT2D eigenvalue weighted by Gasteiger charge is -2.06. The van der Waals surface area contributed by atoms with Crippen LogP contribution in [0, 0.1) is 0 Å². The Bertz CT molecular complexity index is 807. The van der Waals surface area contributed by atoms with Crippen LogP contribution in [0.2, 0.25) is 0 Å². The minimum absolute atomic E-state index is 0.138. The molecule has 3 aromatic rings. The topological polar surface area (TPSA) is 45.8 Å². The van der Waals surface area contributed by atoms with E-state index in [1.165, 1.54) is 5.56 Å². The number of aromatic nitrogens is 2. The molecule has 0 aliphatic carbocycles. The summed E-state index contributed by atoms with van der Waals surface area (Å²) in [5.41, 5.74) is 3.67. The average Bonchev–Trinajstić information content (AvgIpc) is 2.55. The normalized spacial score (nSPS) is 10.5. The molecule has 0 aliphatic heterocycles. The largest absolute Gasteiger partial charge is 0.306 e. The Morgan fingerprint density at radius 3 is 2.48 bits per heavy atom. The van der Waals surface area contributed by atoms with Gasteiger partial charge in [0.2, 0.25) is 0 Å². The smallest absolute Gasteiger partial charge is 0.251 e. The molecule has 0 radical (unpaired) electrons. The SMILES string of the molecule is CCc1cccc(-c2cc(=O)[nH]c(-c3ccccc3)n2)c1. The Morgan fingerprint density at radius 1 is 0.952 bits per heavy atom. The molecule has 1 N–H and O–H groups in total. The fourth-order valence-corrected chi connectivity index (χ4v) is 2.29. The Morgan fingerprint density at radius 2 is 1.71 bits per heavy atom. The maximum absolute atomic E-state index is 11.9. The molecule has 0 amide bonds. The first kappa shape index (κ1) is 13.3. The number of nitrogens with one attached hydrogen (secondary N) is 1. The number of benzene rings is 2. The van der Waals surface area contributed by atoms with E-state index in [1.807, 2.05) is 42.5 Å². The monoisotopic (exact) mass is 276 g/mol. The first-order valence-corrected chi connectivity index (χ1v) is 7.02. The zero-order chi connectivity index (χ0) is 14.7. The maximum Gasteiger partial charge on any atom is 0.251 e. The van der Waals surface area contributed by atoms with Gasteiger partial charge in [0.15, 0.2) is 0 Å². The lowest BCUT2D eigenvalue weighted by Crippen LogP contribution is -2.08. The van der Waals surface area contributed by atoms with Crippen LogP contribution in [0.1, 0.15) is 12.5 Å². The van der Waals surface area contributed by atoms with E-state index in [-0.39, 0.29) is 5.56 Å². The summed E-state index contributed by atoms with van der Waals surface area (Å²) < 4.78 is 0. The summed E-state index contributed by atoms with van der Waals surface area (Å²) >= 11 is 0. The number of aromatic amines is 1. The molecule has 1 aromatic heterocycles. The van der Waals surface area contributed by atoms with Gasteiger partial charge in [-0.1, -0.05) is 55.5 Å². The van der Waals surface area contributed by atoms with Crippen LogP contribution in [0.25, 0.3) is 22.6 Å². The molecule has 0 bridgehead atoms. The first-order chi connectivity index (χ1) is 10.3. The average molecular weight is 276 g/mol. The van der Waals surface area contributed by atoms with E-state index in [0.717, 1.165) is 17.5 Å². The van der Waals surface area contributed by atoms with Crippen molar-refractivity contribution in [1.82, 2.24) is 9.97 Å². The van der Waals surface area contributed by atoms with Crippen LogP contribution in [0.15, 0.2) is 65.5 Å². The highest BCUT2D eigenvalue weighted by Crippen LogP contribution is 2.20. The maximum atomic E-state index is 11.9. The number of rotatable bonds is 3. The van der Waals surface area contributed by atoms with Crippen LogP contribution >= 0.6 is 0 Å². The molecule has 0 aliphatic rings. The molecule has 0 saturated heterocycles.